The lowest BCUT2D eigenvalue weighted by Crippen LogP contribution is -2.04. The van der Waals surface area contributed by atoms with Gasteiger partial charge in [-0.1, -0.05) is 11.6 Å². The smallest absolute Gasteiger partial charge is 0.122 e. The average molecular weight is 226 g/mol. The first-order valence-electron chi connectivity index (χ1n) is 4.65. The molecule has 0 aliphatic rings. The maximum Gasteiger partial charge on any atom is 0.122 e. The van der Waals surface area contributed by atoms with Gasteiger partial charge in [0.1, 0.15) is 5.76 Å². The van der Waals surface area contributed by atoms with Crippen molar-refractivity contribution in [2.75, 3.05) is 0 Å². The second kappa shape index (κ2) is 4.08. The van der Waals surface area contributed by atoms with Gasteiger partial charge in [0, 0.05) is 11.8 Å². The lowest BCUT2D eigenvalue weighted by Gasteiger charge is -2.00. The van der Waals surface area contributed by atoms with Crippen molar-refractivity contribution in [2.24, 2.45) is 5.73 Å². The van der Waals surface area contributed by atoms with E-state index in [0.717, 1.165) is 17.0 Å². The van der Waals surface area contributed by atoms with Crippen LogP contribution in [0.2, 0.25) is 5.02 Å². The molecule has 2 aromatic heterocycles. The zero-order chi connectivity index (χ0) is 10.8. The average Bonchev–Trinajstić information content (AvgIpc) is 2.75. The van der Waals surface area contributed by atoms with Crippen LogP contribution in [0.5, 0.6) is 0 Å². The summed E-state index contributed by atoms with van der Waals surface area (Å²) in [5, 5.41) is 4.94. The minimum absolute atomic E-state index is 0.399. The molecule has 4 nitrogen and oxygen atoms in total. The third-order valence-electron chi connectivity index (χ3n) is 2.24. The number of aryl methyl sites for hydroxylation is 1. The Balaban J connectivity index is 2.21. The van der Waals surface area contributed by atoms with Gasteiger partial charge in [-0.3, -0.25) is 4.68 Å². The van der Waals surface area contributed by atoms with E-state index in [1.165, 1.54) is 0 Å². The van der Waals surface area contributed by atoms with Crippen LogP contribution in [0, 0.1) is 6.92 Å². The fourth-order valence-corrected chi connectivity index (χ4v) is 1.59. The van der Waals surface area contributed by atoms with E-state index in [1.807, 2.05) is 13.0 Å². The van der Waals surface area contributed by atoms with Crippen molar-refractivity contribution in [3.63, 3.8) is 0 Å². The zero-order valence-electron chi connectivity index (χ0n) is 8.40. The lowest BCUT2D eigenvalue weighted by molar-refractivity contribution is 0.503. The van der Waals surface area contributed by atoms with E-state index in [2.05, 4.69) is 5.10 Å². The Morgan fingerprint density at radius 1 is 1.60 bits per heavy atom. The summed E-state index contributed by atoms with van der Waals surface area (Å²) in [4.78, 5) is 0. The van der Waals surface area contributed by atoms with E-state index in [1.54, 1.807) is 17.1 Å². The van der Waals surface area contributed by atoms with Crippen LogP contribution in [-0.4, -0.2) is 9.78 Å². The lowest BCUT2D eigenvalue weighted by atomic mass is 10.2. The molecule has 0 unspecified atom stereocenters. The Bertz CT molecular complexity index is 441. The van der Waals surface area contributed by atoms with Crippen LogP contribution in [0.4, 0.5) is 0 Å². The van der Waals surface area contributed by atoms with Crippen LogP contribution in [0.25, 0.3) is 0 Å². The summed E-state index contributed by atoms with van der Waals surface area (Å²) < 4.78 is 7.00. The van der Waals surface area contributed by atoms with Gasteiger partial charge < -0.3 is 10.2 Å². The molecule has 0 aliphatic carbocycles. The predicted molar refractivity (Wildman–Crippen MR) is 57.7 cm³/mol. The minimum atomic E-state index is 0.399. The zero-order valence-corrected chi connectivity index (χ0v) is 9.16. The van der Waals surface area contributed by atoms with Gasteiger partial charge in [-0.2, -0.15) is 5.10 Å². The van der Waals surface area contributed by atoms with Gasteiger partial charge in [0.2, 0.25) is 0 Å². The maximum absolute atomic E-state index is 5.91. The van der Waals surface area contributed by atoms with Crippen LogP contribution in [0.3, 0.4) is 0 Å². The van der Waals surface area contributed by atoms with Gasteiger partial charge in [-0.05, 0) is 13.0 Å². The summed E-state index contributed by atoms with van der Waals surface area (Å²) in [6, 6.07) is 1.90. The molecule has 0 fully saturated rings. The Morgan fingerprint density at radius 2 is 2.40 bits per heavy atom. The fourth-order valence-electron chi connectivity index (χ4n) is 1.44. The molecule has 0 radical (unpaired) electrons. The van der Waals surface area contributed by atoms with Crippen molar-refractivity contribution in [2.45, 2.75) is 20.0 Å². The van der Waals surface area contributed by atoms with Crippen LogP contribution in [-0.2, 0) is 13.1 Å². The molecular weight excluding hydrogens is 214 g/mol. The molecule has 0 bridgehead atoms. The minimum Gasteiger partial charge on any atom is -0.468 e. The Labute approximate surface area is 92.6 Å². The van der Waals surface area contributed by atoms with Crippen LogP contribution in [0.1, 0.15) is 17.0 Å². The third-order valence-corrected chi connectivity index (χ3v) is 2.61. The summed E-state index contributed by atoms with van der Waals surface area (Å²) in [6.07, 6.45) is 3.43. The standard InChI is InChI=1S/C10H12ClN3O/c1-7-9(11)6-14(13-7)5-8-2-3-15-10(8)4-12/h2-3,6H,4-5,12H2,1H3. The highest BCUT2D eigenvalue weighted by Gasteiger charge is 2.07. The van der Waals surface area contributed by atoms with E-state index in [-0.39, 0.29) is 0 Å². The van der Waals surface area contributed by atoms with Gasteiger partial charge in [-0.25, -0.2) is 0 Å². The van der Waals surface area contributed by atoms with Crippen molar-refractivity contribution in [3.8, 4) is 0 Å². The number of nitrogens with two attached hydrogens (primary N) is 1. The predicted octanol–water partition coefficient (Wildman–Crippen LogP) is 1.94. The second-order valence-corrected chi connectivity index (χ2v) is 3.74. The SMILES string of the molecule is Cc1nn(Cc2ccoc2CN)cc1Cl. The van der Waals surface area contributed by atoms with Gasteiger partial charge in [-0.15, -0.1) is 0 Å². The molecule has 80 valence electrons. The van der Waals surface area contributed by atoms with Gasteiger partial charge >= 0.3 is 0 Å². The highest BCUT2D eigenvalue weighted by atomic mass is 35.5. The second-order valence-electron chi connectivity index (χ2n) is 3.33. The number of hydrogen-bond acceptors (Lipinski definition) is 3. The molecule has 2 heterocycles. The molecule has 0 atom stereocenters. The molecule has 2 rings (SSSR count). The summed E-state index contributed by atoms with van der Waals surface area (Å²) in [6.45, 7) is 2.91. The number of furan rings is 1. The largest absolute Gasteiger partial charge is 0.468 e. The fraction of sp³-hybridized carbons (Fsp3) is 0.300. The Morgan fingerprint density at radius 3 is 3.00 bits per heavy atom. The van der Waals surface area contributed by atoms with Crippen LogP contribution < -0.4 is 5.73 Å². The quantitative estimate of drug-likeness (QED) is 0.869. The number of rotatable bonds is 3. The molecule has 5 heteroatoms. The van der Waals surface area contributed by atoms with Crippen molar-refractivity contribution in [1.82, 2.24) is 9.78 Å². The van der Waals surface area contributed by atoms with Gasteiger partial charge in [0.05, 0.1) is 30.1 Å². The number of hydrogen-bond donors (Lipinski definition) is 1. The molecule has 2 aromatic rings. The third kappa shape index (κ3) is 2.06. The first-order chi connectivity index (χ1) is 7.20. The van der Waals surface area contributed by atoms with Crippen molar-refractivity contribution >= 4 is 11.6 Å². The molecular formula is C10H12ClN3O. The first kappa shape index (κ1) is 10.3. The van der Waals surface area contributed by atoms with E-state index >= 15 is 0 Å². The summed E-state index contributed by atoms with van der Waals surface area (Å²) in [5.74, 6) is 0.791. The monoisotopic (exact) mass is 225 g/mol. The van der Waals surface area contributed by atoms with E-state index in [4.69, 9.17) is 21.8 Å². The van der Waals surface area contributed by atoms with Crippen LogP contribution in [0.15, 0.2) is 22.9 Å². The first-order valence-corrected chi connectivity index (χ1v) is 5.03. The summed E-state index contributed by atoms with van der Waals surface area (Å²) in [7, 11) is 0. The Hall–Kier alpha value is -1.26. The summed E-state index contributed by atoms with van der Waals surface area (Å²) >= 11 is 5.91. The highest BCUT2D eigenvalue weighted by Crippen LogP contribution is 2.15. The molecule has 0 saturated heterocycles. The van der Waals surface area contributed by atoms with Crippen molar-refractivity contribution < 1.29 is 4.42 Å². The summed E-state index contributed by atoms with van der Waals surface area (Å²) in [5.41, 5.74) is 7.40. The Kier molecular flexibility index (Phi) is 2.79. The number of nitrogens with zero attached hydrogens (tertiary/aromatic N) is 2. The number of halogens is 1. The van der Waals surface area contributed by atoms with Gasteiger partial charge in [0.25, 0.3) is 0 Å². The molecule has 0 amide bonds. The topological polar surface area (TPSA) is 57.0 Å². The van der Waals surface area contributed by atoms with Gasteiger partial charge in [0.15, 0.2) is 0 Å². The molecule has 2 N–H and O–H groups in total. The molecule has 0 spiro atoms. The number of aromatic nitrogens is 2. The van der Waals surface area contributed by atoms with Crippen LogP contribution >= 0.6 is 11.6 Å². The molecule has 0 aromatic carbocycles. The maximum atomic E-state index is 5.91. The van der Waals surface area contributed by atoms with E-state index in [9.17, 15) is 0 Å². The van der Waals surface area contributed by atoms with E-state index in [0.29, 0.717) is 18.1 Å². The molecule has 15 heavy (non-hydrogen) atoms. The highest BCUT2D eigenvalue weighted by molar-refractivity contribution is 6.31. The van der Waals surface area contributed by atoms with E-state index < -0.39 is 0 Å². The normalized spacial score (nSPS) is 10.9. The molecule has 0 saturated carbocycles. The van der Waals surface area contributed by atoms with Crippen molar-refractivity contribution in [3.05, 3.63) is 40.6 Å². The van der Waals surface area contributed by atoms with Crippen molar-refractivity contribution in [1.29, 1.82) is 0 Å². The molecule has 0 aliphatic heterocycles.